The van der Waals surface area contributed by atoms with Gasteiger partial charge in [-0.25, -0.2) is 9.59 Å². The molecule has 7 heteroatoms. The van der Waals surface area contributed by atoms with E-state index in [9.17, 15) is 12.7 Å². The Balaban J connectivity index is 0.000000186. The minimum atomic E-state index is -1.38. The number of aromatic carboxylic acids is 2. The fraction of sp³-hybridized carbons (Fsp3) is 0. The zero-order valence-corrected chi connectivity index (χ0v) is 17.0. The quantitative estimate of drug-likeness (QED) is 0.439. The molecule has 3 aromatic carbocycles. The van der Waals surface area contributed by atoms with Crippen LogP contribution in [-0.2, 0) is 3.07 Å². The first kappa shape index (κ1) is 19.4. The van der Waals surface area contributed by atoms with Gasteiger partial charge in [-0.3, -0.25) is 3.07 Å². The van der Waals surface area contributed by atoms with Crippen LogP contribution in [0.1, 0.15) is 20.7 Å². The average molecular weight is 562 g/mol. The number of hydrogen-bond acceptors (Lipinski definition) is 3. The Labute approximate surface area is 167 Å². The summed E-state index contributed by atoms with van der Waals surface area (Å²) >= 11 is 0.666. The molecule has 3 rings (SSSR count). The maximum Gasteiger partial charge on any atom is 0.336 e. The molecule has 0 saturated heterocycles. The van der Waals surface area contributed by atoms with Crippen molar-refractivity contribution in [1.82, 2.24) is 0 Å². The van der Waals surface area contributed by atoms with E-state index in [-0.39, 0.29) is 5.56 Å². The Morgan fingerprint density at radius 1 is 0.800 bits per heavy atom. The second kappa shape index (κ2) is 8.99. The predicted molar refractivity (Wildman–Crippen MR) is 110 cm³/mol. The van der Waals surface area contributed by atoms with Crippen LogP contribution in [-0.4, -0.2) is 22.2 Å². The van der Waals surface area contributed by atoms with Crippen LogP contribution in [0.25, 0.3) is 10.8 Å². The maximum atomic E-state index is 10.9. The number of rotatable bonds is 3. The van der Waals surface area contributed by atoms with Crippen molar-refractivity contribution in [2.75, 3.05) is 0 Å². The first-order chi connectivity index (χ1) is 11.9. The van der Waals surface area contributed by atoms with Gasteiger partial charge in [-0.2, -0.15) is 0 Å². The molecule has 0 radical (unpaired) electrons. The fourth-order valence-corrected chi connectivity index (χ4v) is 3.80. The fourth-order valence-electron chi connectivity index (χ4n) is 2.08. The minimum absolute atomic E-state index is 0.148. The van der Waals surface area contributed by atoms with Crippen molar-refractivity contribution < 1.29 is 22.9 Å². The van der Waals surface area contributed by atoms with Crippen molar-refractivity contribution in [3.8, 4) is 0 Å². The summed E-state index contributed by atoms with van der Waals surface area (Å²) in [4.78, 5) is 21.3. The van der Waals surface area contributed by atoms with Crippen molar-refractivity contribution in [2.24, 2.45) is 0 Å². The van der Waals surface area contributed by atoms with Gasteiger partial charge in [0.05, 0.1) is 14.7 Å². The molecule has 0 aromatic heterocycles. The summed E-state index contributed by atoms with van der Waals surface area (Å²) in [6.07, 6.45) is 0. The summed E-state index contributed by atoms with van der Waals surface area (Å²) in [5.74, 6) is -1.89. The monoisotopic (exact) mass is 562 g/mol. The van der Waals surface area contributed by atoms with Crippen LogP contribution in [0.2, 0.25) is 0 Å². The Morgan fingerprint density at radius 2 is 1.32 bits per heavy atom. The van der Waals surface area contributed by atoms with E-state index < -0.39 is 33.1 Å². The molecule has 128 valence electrons. The van der Waals surface area contributed by atoms with Crippen molar-refractivity contribution >= 4 is 66.5 Å². The first-order valence-electron chi connectivity index (χ1n) is 6.95. The lowest BCUT2D eigenvalue weighted by atomic mass is 10.1. The molecule has 25 heavy (non-hydrogen) atoms. The molecule has 0 aliphatic rings. The molecule has 0 amide bonds. The molecule has 3 aromatic rings. The molecule has 0 atom stereocenters. The van der Waals surface area contributed by atoms with E-state index in [1.807, 2.05) is 52.9 Å². The number of carboxylic acid groups (broad SMARTS) is 2. The lowest BCUT2D eigenvalue weighted by Crippen LogP contribution is -1.99. The summed E-state index contributed by atoms with van der Waals surface area (Å²) in [5, 5.41) is 19.5. The van der Waals surface area contributed by atoms with E-state index >= 15 is 0 Å². The van der Waals surface area contributed by atoms with Gasteiger partial charge in [0.15, 0.2) is 21.2 Å². The predicted octanol–water partition coefficient (Wildman–Crippen LogP) is 5.01. The van der Waals surface area contributed by atoms with Gasteiger partial charge in [0.25, 0.3) is 0 Å². The van der Waals surface area contributed by atoms with E-state index in [0.717, 1.165) is 14.3 Å². The summed E-state index contributed by atoms with van der Waals surface area (Å²) in [7, 11) is 0. The highest BCUT2D eigenvalue weighted by atomic mass is 127. The van der Waals surface area contributed by atoms with Crippen LogP contribution in [0, 0.1) is 7.14 Å². The lowest BCUT2D eigenvalue weighted by molar-refractivity contribution is 0.0685. The van der Waals surface area contributed by atoms with Gasteiger partial charge >= 0.3 is 11.9 Å². The van der Waals surface area contributed by atoms with Gasteiger partial charge in [0, 0.05) is 3.57 Å². The van der Waals surface area contributed by atoms with Gasteiger partial charge in [-0.05, 0) is 57.6 Å². The van der Waals surface area contributed by atoms with E-state index in [4.69, 9.17) is 10.2 Å². The molecule has 5 nitrogen and oxygen atoms in total. The zero-order valence-electron chi connectivity index (χ0n) is 12.6. The number of hydrogen-bond donors (Lipinski definition) is 2. The second-order valence-electron chi connectivity index (χ2n) is 4.85. The summed E-state index contributed by atoms with van der Waals surface area (Å²) in [6.45, 7) is 0. The van der Waals surface area contributed by atoms with Crippen molar-refractivity contribution in [1.29, 1.82) is 0 Å². The van der Waals surface area contributed by atoms with E-state index in [1.54, 1.807) is 24.3 Å². The van der Waals surface area contributed by atoms with Crippen LogP contribution >= 0.6 is 43.8 Å². The van der Waals surface area contributed by atoms with Crippen LogP contribution in [0.3, 0.4) is 0 Å². The van der Waals surface area contributed by atoms with Gasteiger partial charge in [-0.15, -0.1) is 0 Å². The molecular formula is C18H12I2O5. The SMILES string of the molecule is O=C(O)c1cc2ccccc2cc1I.O=Ic1ccccc1C(=O)O. The molecule has 2 N–H and O–H groups in total. The van der Waals surface area contributed by atoms with Crippen molar-refractivity contribution in [3.63, 3.8) is 0 Å². The molecule has 0 unspecified atom stereocenters. The number of carbonyl (C=O) groups is 2. The summed E-state index contributed by atoms with van der Waals surface area (Å²) in [5.41, 5.74) is 0.514. The molecular weight excluding hydrogens is 550 g/mol. The largest absolute Gasteiger partial charge is 0.478 e. The first-order valence-corrected chi connectivity index (χ1v) is 9.99. The molecule has 0 heterocycles. The number of halogens is 2. The minimum Gasteiger partial charge on any atom is -0.478 e. The van der Waals surface area contributed by atoms with Crippen LogP contribution in [0.5, 0.6) is 0 Å². The van der Waals surface area contributed by atoms with Crippen LogP contribution < -0.4 is 0 Å². The number of carboxylic acids is 2. The number of benzene rings is 3. The highest BCUT2D eigenvalue weighted by Gasteiger charge is 2.09. The van der Waals surface area contributed by atoms with Crippen molar-refractivity contribution in [2.45, 2.75) is 0 Å². The molecule has 0 spiro atoms. The third kappa shape index (κ3) is 5.05. The molecule has 0 aliphatic carbocycles. The highest BCUT2D eigenvalue weighted by molar-refractivity contribution is 14.1. The van der Waals surface area contributed by atoms with E-state index in [0.29, 0.717) is 9.13 Å². The zero-order chi connectivity index (χ0) is 18.4. The number of fused-ring (bicyclic) bond motifs is 1. The average Bonchev–Trinajstić information content (AvgIpc) is 2.61. The summed E-state index contributed by atoms with van der Waals surface area (Å²) in [6, 6.07) is 17.7. The topological polar surface area (TPSA) is 91.7 Å². The Hall–Kier alpha value is -1.88. The molecule has 0 saturated carbocycles. The lowest BCUT2D eigenvalue weighted by Gasteiger charge is -2.02. The van der Waals surface area contributed by atoms with Crippen LogP contribution in [0.15, 0.2) is 60.7 Å². The van der Waals surface area contributed by atoms with Gasteiger partial charge < -0.3 is 10.2 Å². The molecule has 0 aliphatic heterocycles. The maximum absolute atomic E-state index is 10.9. The normalized spacial score (nSPS) is 9.96. The third-order valence-corrected chi connectivity index (χ3v) is 5.56. The second-order valence-corrected chi connectivity index (χ2v) is 7.61. The van der Waals surface area contributed by atoms with Gasteiger partial charge in [0.2, 0.25) is 0 Å². The van der Waals surface area contributed by atoms with Crippen LogP contribution in [0.4, 0.5) is 0 Å². The molecule has 0 fully saturated rings. The van der Waals surface area contributed by atoms with Crippen molar-refractivity contribution in [3.05, 3.63) is 78.9 Å². The van der Waals surface area contributed by atoms with E-state index in [2.05, 4.69) is 0 Å². The molecule has 0 bridgehead atoms. The Morgan fingerprint density at radius 3 is 1.84 bits per heavy atom. The van der Waals surface area contributed by atoms with E-state index in [1.165, 1.54) is 6.07 Å². The third-order valence-electron chi connectivity index (χ3n) is 3.25. The Bertz CT molecular complexity index is 953. The summed E-state index contributed by atoms with van der Waals surface area (Å²) < 4.78 is 11.7. The smallest absolute Gasteiger partial charge is 0.336 e. The highest BCUT2D eigenvalue weighted by Crippen LogP contribution is 2.21. The van der Waals surface area contributed by atoms with Gasteiger partial charge in [-0.1, -0.05) is 36.4 Å². The standard InChI is InChI=1S/C11H7IO2.C7H5IO3/c12-10-6-8-4-2-1-3-7(8)5-9(10)11(13)14;9-7(10)5-3-1-2-4-6(5)8-11/h1-6H,(H,13,14);1-4H,(H,9,10). The van der Waals surface area contributed by atoms with Gasteiger partial charge in [0.1, 0.15) is 0 Å². The Kier molecular flexibility index (Phi) is 7.00.